The van der Waals surface area contributed by atoms with Gasteiger partial charge in [-0.2, -0.15) is 0 Å². The second-order valence-electron chi connectivity index (χ2n) is 3.64. The second kappa shape index (κ2) is 5.71. The third-order valence-electron chi connectivity index (χ3n) is 2.48. The maximum absolute atomic E-state index is 13.6. The van der Waals surface area contributed by atoms with E-state index >= 15 is 0 Å². The Labute approximate surface area is 90.2 Å². The van der Waals surface area contributed by atoms with Gasteiger partial charge in [0.1, 0.15) is 11.6 Å². The van der Waals surface area contributed by atoms with E-state index in [0.29, 0.717) is 11.3 Å². The number of unbranched alkanes of at least 4 members (excludes halogenated alkanes) is 1. The van der Waals surface area contributed by atoms with Crippen molar-refractivity contribution in [3.8, 4) is 5.75 Å². The Bertz CT molecular complexity index is 314. The molecule has 1 rings (SSSR count). The van der Waals surface area contributed by atoms with Crippen LogP contribution in [0.1, 0.15) is 37.8 Å². The summed E-state index contributed by atoms with van der Waals surface area (Å²) in [6, 6.07) is 4.61. The van der Waals surface area contributed by atoms with E-state index in [-0.39, 0.29) is 11.9 Å². The van der Waals surface area contributed by atoms with Crippen LogP contribution in [0.3, 0.4) is 0 Å². The van der Waals surface area contributed by atoms with Crippen molar-refractivity contribution in [3.05, 3.63) is 29.6 Å². The van der Waals surface area contributed by atoms with E-state index < -0.39 is 0 Å². The first-order valence-corrected chi connectivity index (χ1v) is 5.28. The first kappa shape index (κ1) is 12.0. The molecular weight excluding hydrogens is 193 g/mol. The van der Waals surface area contributed by atoms with Crippen LogP contribution in [-0.2, 0) is 0 Å². The summed E-state index contributed by atoms with van der Waals surface area (Å²) >= 11 is 0. The smallest absolute Gasteiger partial charge is 0.131 e. The van der Waals surface area contributed by atoms with Crippen molar-refractivity contribution < 1.29 is 9.13 Å². The molecule has 0 aliphatic rings. The molecule has 1 atom stereocenters. The molecule has 0 heterocycles. The van der Waals surface area contributed by atoms with Crippen molar-refractivity contribution in [3.63, 3.8) is 0 Å². The molecule has 0 fully saturated rings. The third-order valence-corrected chi connectivity index (χ3v) is 2.48. The maximum Gasteiger partial charge on any atom is 0.131 e. The zero-order valence-electron chi connectivity index (χ0n) is 9.29. The summed E-state index contributed by atoms with van der Waals surface area (Å²) in [5, 5.41) is 0. The highest BCUT2D eigenvalue weighted by atomic mass is 19.1. The van der Waals surface area contributed by atoms with E-state index in [1.165, 1.54) is 13.2 Å². The van der Waals surface area contributed by atoms with Crippen molar-refractivity contribution in [1.29, 1.82) is 0 Å². The van der Waals surface area contributed by atoms with Crippen molar-refractivity contribution >= 4 is 0 Å². The van der Waals surface area contributed by atoms with Gasteiger partial charge in [0.15, 0.2) is 0 Å². The maximum atomic E-state index is 13.6. The van der Waals surface area contributed by atoms with E-state index in [0.717, 1.165) is 19.3 Å². The fourth-order valence-electron chi connectivity index (χ4n) is 1.52. The van der Waals surface area contributed by atoms with Crippen LogP contribution in [0.2, 0.25) is 0 Å². The summed E-state index contributed by atoms with van der Waals surface area (Å²) in [7, 11) is 1.52. The average molecular weight is 211 g/mol. The van der Waals surface area contributed by atoms with Gasteiger partial charge in [-0.3, -0.25) is 0 Å². The van der Waals surface area contributed by atoms with Gasteiger partial charge in [0.2, 0.25) is 0 Å². The number of hydrogen-bond acceptors (Lipinski definition) is 2. The summed E-state index contributed by atoms with van der Waals surface area (Å²) in [6.07, 6.45) is 2.91. The molecule has 15 heavy (non-hydrogen) atoms. The van der Waals surface area contributed by atoms with E-state index in [1.807, 2.05) is 0 Å². The normalized spacial score (nSPS) is 12.5. The minimum atomic E-state index is -0.280. The SMILES string of the molecule is CCCC[C@@H](N)c1ccc(OC)cc1F. The molecule has 0 amide bonds. The summed E-state index contributed by atoms with van der Waals surface area (Å²) in [5.41, 5.74) is 6.47. The minimum Gasteiger partial charge on any atom is -0.497 e. The zero-order chi connectivity index (χ0) is 11.3. The van der Waals surface area contributed by atoms with E-state index in [4.69, 9.17) is 10.5 Å². The quantitative estimate of drug-likeness (QED) is 0.812. The summed E-state index contributed by atoms with van der Waals surface area (Å²) in [4.78, 5) is 0. The van der Waals surface area contributed by atoms with Gasteiger partial charge in [0.05, 0.1) is 7.11 Å². The molecule has 3 heteroatoms. The molecule has 0 aromatic heterocycles. The number of methoxy groups -OCH3 is 1. The molecule has 0 saturated carbocycles. The van der Waals surface area contributed by atoms with Crippen molar-refractivity contribution in [2.24, 2.45) is 5.73 Å². The predicted molar refractivity (Wildman–Crippen MR) is 59.4 cm³/mol. The molecule has 0 aliphatic carbocycles. The van der Waals surface area contributed by atoms with E-state index in [2.05, 4.69) is 6.92 Å². The second-order valence-corrected chi connectivity index (χ2v) is 3.64. The molecule has 1 aromatic rings. The van der Waals surface area contributed by atoms with Gasteiger partial charge in [0, 0.05) is 17.7 Å². The first-order valence-electron chi connectivity index (χ1n) is 5.28. The zero-order valence-corrected chi connectivity index (χ0v) is 9.29. The lowest BCUT2D eigenvalue weighted by molar-refractivity contribution is 0.410. The molecule has 0 saturated heterocycles. The van der Waals surface area contributed by atoms with Crippen LogP contribution >= 0.6 is 0 Å². The number of ether oxygens (including phenoxy) is 1. The molecule has 1 aromatic carbocycles. The Morgan fingerprint density at radius 3 is 2.73 bits per heavy atom. The summed E-state index contributed by atoms with van der Waals surface area (Å²) in [5.74, 6) is 0.247. The molecule has 0 spiro atoms. The molecule has 0 bridgehead atoms. The monoisotopic (exact) mass is 211 g/mol. The lowest BCUT2D eigenvalue weighted by atomic mass is 10.0. The van der Waals surface area contributed by atoms with Crippen LogP contribution in [0.4, 0.5) is 4.39 Å². The molecule has 0 aliphatic heterocycles. The minimum absolute atomic E-state index is 0.212. The van der Waals surface area contributed by atoms with Gasteiger partial charge in [-0.25, -0.2) is 4.39 Å². The molecule has 0 radical (unpaired) electrons. The topological polar surface area (TPSA) is 35.2 Å². The largest absolute Gasteiger partial charge is 0.497 e. The van der Waals surface area contributed by atoms with Crippen LogP contribution in [-0.4, -0.2) is 7.11 Å². The van der Waals surface area contributed by atoms with Crippen LogP contribution in [0.25, 0.3) is 0 Å². The molecule has 2 N–H and O–H groups in total. The fourth-order valence-corrected chi connectivity index (χ4v) is 1.52. The summed E-state index contributed by atoms with van der Waals surface area (Å²) in [6.45, 7) is 2.09. The van der Waals surface area contributed by atoms with Gasteiger partial charge in [-0.05, 0) is 12.5 Å². The van der Waals surface area contributed by atoms with Crippen LogP contribution < -0.4 is 10.5 Å². The Morgan fingerprint density at radius 2 is 2.20 bits per heavy atom. The number of rotatable bonds is 5. The van der Waals surface area contributed by atoms with E-state index in [1.54, 1.807) is 12.1 Å². The standard InChI is InChI=1S/C12H18FNO/c1-3-4-5-12(14)10-7-6-9(15-2)8-11(10)13/h6-8,12H,3-5,14H2,1-2H3/t12-/m1/s1. The van der Waals surface area contributed by atoms with Gasteiger partial charge in [0.25, 0.3) is 0 Å². The predicted octanol–water partition coefficient (Wildman–Crippen LogP) is 3.02. The number of benzene rings is 1. The Kier molecular flexibility index (Phi) is 4.56. The van der Waals surface area contributed by atoms with Gasteiger partial charge < -0.3 is 10.5 Å². The Hall–Kier alpha value is -1.09. The van der Waals surface area contributed by atoms with E-state index in [9.17, 15) is 4.39 Å². The molecular formula is C12H18FNO. The van der Waals surface area contributed by atoms with Gasteiger partial charge in [-0.15, -0.1) is 0 Å². The third kappa shape index (κ3) is 3.20. The van der Waals surface area contributed by atoms with Crippen molar-refractivity contribution in [2.45, 2.75) is 32.2 Å². The van der Waals surface area contributed by atoms with Crippen molar-refractivity contribution in [1.82, 2.24) is 0 Å². The lowest BCUT2D eigenvalue weighted by Crippen LogP contribution is -2.12. The summed E-state index contributed by atoms with van der Waals surface area (Å²) < 4.78 is 18.5. The highest BCUT2D eigenvalue weighted by Crippen LogP contribution is 2.23. The highest BCUT2D eigenvalue weighted by Gasteiger charge is 2.11. The number of hydrogen-bond donors (Lipinski definition) is 1. The fraction of sp³-hybridized carbons (Fsp3) is 0.500. The van der Waals surface area contributed by atoms with Crippen molar-refractivity contribution in [2.75, 3.05) is 7.11 Å². The Balaban J connectivity index is 2.76. The van der Waals surface area contributed by atoms with Crippen LogP contribution in [0, 0.1) is 5.82 Å². The van der Waals surface area contributed by atoms with Gasteiger partial charge in [-0.1, -0.05) is 25.8 Å². The average Bonchev–Trinajstić information content (AvgIpc) is 2.25. The van der Waals surface area contributed by atoms with Crippen LogP contribution in [0.15, 0.2) is 18.2 Å². The highest BCUT2D eigenvalue weighted by molar-refractivity contribution is 5.30. The first-order chi connectivity index (χ1) is 7.19. The number of nitrogens with two attached hydrogens (primary N) is 1. The van der Waals surface area contributed by atoms with Crippen LogP contribution in [0.5, 0.6) is 5.75 Å². The number of halogens is 1. The Morgan fingerprint density at radius 1 is 1.47 bits per heavy atom. The molecule has 84 valence electrons. The molecule has 0 unspecified atom stereocenters. The molecule has 2 nitrogen and oxygen atoms in total. The lowest BCUT2D eigenvalue weighted by Gasteiger charge is -2.13. The van der Waals surface area contributed by atoms with Gasteiger partial charge >= 0.3 is 0 Å².